The van der Waals surface area contributed by atoms with Crippen LogP contribution in [0.4, 0.5) is 18.9 Å². The van der Waals surface area contributed by atoms with Gasteiger partial charge in [0.1, 0.15) is 5.75 Å². The standard InChI is InChI=1S/C17H16F3NO2S/c1-10-2-7-14-11(8-10)9-15(24-14)16(22)21-12-3-5-13(6-4-12)23-17(18,19)20/h3-6,9-10H,2,7-8H2,1H3,(H,21,22)/t10-/m1/s1. The number of aryl methyl sites for hydroxylation is 1. The van der Waals surface area contributed by atoms with E-state index in [4.69, 9.17) is 0 Å². The van der Waals surface area contributed by atoms with Gasteiger partial charge in [-0.2, -0.15) is 0 Å². The fraction of sp³-hybridized carbons (Fsp3) is 0.353. The first-order valence-corrected chi connectivity index (χ1v) is 8.40. The molecule has 128 valence electrons. The van der Waals surface area contributed by atoms with Gasteiger partial charge < -0.3 is 10.1 Å². The van der Waals surface area contributed by atoms with Crippen molar-refractivity contribution in [3.63, 3.8) is 0 Å². The lowest BCUT2D eigenvalue weighted by Gasteiger charge is -2.16. The third-order valence-corrected chi connectivity index (χ3v) is 5.13. The van der Waals surface area contributed by atoms with Crippen molar-refractivity contribution < 1.29 is 22.7 Å². The quantitative estimate of drug-likeness (QED) is 0.839. The molecule has 1 aromatic heterocycles. The maximum absolute atomic E-state index is 12.3. The van der Waals surface area contributed by atoms with Gasteiger partial charge in [0.2, 0.25) is 0 Å². The van der Waals surface area contributed by atoms with Crippen LogP contribution in [-0.4, -0.2) is 12.3 Å². The van der Waals surface area contributed by atoms with Crippen LogP contribution in [-0.2, 0) is 12.8 Å². The molecule has 0 saturated heterocycles. The van der Waals surface area contributed by atoms with Crippen molar-refractivity contribution in [3.05, 3.63) is 45.6 Å². The number of ether oxygens (including phenoxy) is 1. The highest BCUT2D eigenvalue weighted by Crippen LogP contribution is 2.32. The van der Waals surface area contributed by atoms with E-state index < -0.39 is 6.36 Å². The molecule has 24 heavy (non-hydrogen) atoms. The molecule has 0 fully saturated rings. The van der Waals surface area contributed by atoms with Crippen molar-refractivity contribution in [1.82, 2.24) is 0 Å². The molecule has 0 bridgehead atoms. The monoisotopic (exact) mass is 355 g/mol. The number of fused-ring (bicyclic) bond motifs is 1. The third kappa shape index (κ3) is 4.08. The first kappa shape index (κ1) is 16.8. The molecule has 1 heterocycles. The number of halogens is 3. The Morgan fingerprint density at radius 2 is 2.00 bits per heavy atom. The van der Waals surface area contributed by atoms with E-state index in [9.17, 15) is 18.0 Å². The van der Waals surface area contributed by atoms with Gasteiger partial charge in [-0.3, -0.25) is 4.79 Å². The summed E-state index contributed by atoms with van der Waals surface area (Å²) in [5.41, 5.74) is 1.66. The maximum atomic E-state index is 12.3. The smallest absolute Gasteiger partial charge is 0.406 e. The molecule has 1 aliphatic carbocycles. The van der Waals surface area contributed by atoms with Gasteiger partial charge in [0.25, 0.3) is 5.91 Å². The molecule has 1 aliphatic rings. The van der Waals surface area contributed by atoms with Gasteiger partial charge in [0, 0.05) is 10.6 Å². The Morgan fingerprint density at radius 3 is 2.67 bits per heavy atom. The molecule has 0 saturated carbocycles. The lowest BCUT2D eigenvalue weighted by molar-refractivity contribution is -0.274. The van der Waals surface area contributed by atoms with Crippen LogP contribution in [0.25, 0.3) is 0 Å². The van der Waals surface area contributed by atoms with Crippen molar-refractivity contribution in [2.24, 2.45) is 5.92 Å². The van der Waals surface area contributed by atoms with Crippen LogP contribution in [0.2, 0.25) is 0 Å². The number of hydrogen-bond donors (Lipinski definition) is 1. The summed E-state index contributed by atoms with van der Waals surface area (Å²) in [6, 6.07) is 7.03. The number of hydrogen-bond acceptors (Lipinski definition) is 3. The second-order valence-corrected chi connectivity index (χ2v) is 7.07. The van der Waals surface area contributed by atoms with E-state index in [-0.39, 0.29) is 11.7 Å². The molecular weight excluding hydrogens is 339 g/mol. The van der Waals surface area contributed by atoms with Gasteiger partial charge in [-0.25, -0.2) is 0 Å². The van der Waals surface area contributed by atoms with Gasteiger partial charge in [-0.1, -0.05) is 6.92 Å². The zero-order valence-corrected chi connectivity index (χ0v) is 13.8. The van der Waals surface area contributed by atoms with Crippen LogP contribution in [0, 0.1) is 5.92 Å². The minimum Gasteiger partial charge on any atom is -0.406 e. The average Bonchev–Trinajstić information content (AvgIpc) is 2.91. The number of anilines is 1. The number of alkyl halides is 3. The van der Waals surface area contributed by atoms with E-state index in [1.54, 1.807) is 0 Å². The molecule has 3 rings (SSSR count). The highest BCUT2D eigenvalue weighted by Gasteiger charge is 2.31. The summed E-state index contributed by atoms with van der Waals surface area (Å²) in [5.74, 6) is 0.0665. The second-order valence-electron chi connectivity index (χ2n) is 5.93. The van der Waals surface area contributed by atoms with Crippen molar-refractivity contribution in [3.8, 4) is 5.75 Å². The zero-order valence-electron chi connectivity index (χ0n) is 12.9. The van der Waals surface area contributed by atoms with Crippen LogP contribution in [0.5, 0.6) is 5.75 Å². The minimum atomic E-state index is -4.72. The fourth-order valence-electron chi connectivity index (χ4n) is 2.75. The van der Waals surface area contributed by atoms with Crippen molar-refractivity contribution in [1.29, 1.82) is 0 Å². The molecule has 2 aromatic rings. The lowest BCUT2D eigenvalue weighted by atomic mass is 9.90. The minimum absolute atomic E-state index is 0.244. The topological polar surface area (TPSA) is 38.3 Å². The Morgan fingerprint density at radius 1 is 1.29 bits per heavy atom. The van der Waals surface area contributed by atoms with E-state index in [1.807, 2.05) is 6.07 Å². The highest BCUT2D eigenvalue weighted by molar-refractivity contribution is 7.14. The third-order valence-electron chi connectivity index (χ3n) is 3.90. The van der Waals surface area contributed by atoms with Crippen molar-refractivity contribution in [2.45, 2.75) is 32.5 Å². The van der Waals surface area contributed by atoms with Crippen LogP contribution < -0.4 is 10.1 Å². The van der Waals surface area contributed by atoms with Crippen molar-refractivity contribution >= 4 is 22.9 Å². The summed E-state index contributed by atoms with van der Waals surface area (Å²) in [5, 5.41) is 2.70. The largest absolute Gasteiger partial charge is 0.573 e. The fourth-order valence-corrected chi connectivity index (χ4v) is 3.85. The predicted molar refractivity (Wildman–Crippen MR) is 86.6 cm³/mol. The second kappa shape index (κ2) is 6.47. The Balaban J connectivity index is 1.67. The summed E-state index contributed by atoms with van der Waals surface area (Å²) in [4.78, 5) is 14.2. The Labute approximate surface area is 141 Å². The van der Waals surface area contributed by atoms with Gasteiger partial charge >= 0.3 is 6.36 Å². The molecule has 0 aliphatic heterocycles. The summed E-state index contributed by atoms with van der Waals surface area (Å²) in [6.07, 6.45) is -1.60. The normalized spacial score (nSPS) is 17.2. The summed E-state index contributed by atoms with van der Waals surface area (Å²) in [7, 11) is 0. The summed E-state index contributed by atoms with van der Waals surface area (Å²) >= 11 is 1.49. The molecular formula is C17H16F3NO2S. The summed E-state index contributed by atoms with van der Waals surface area (Å²) < 4.78 is 40.2. The molecule has 3 nitrogen and oxygen atoms in total. The molecule has 1 atom stereocenters. The number of carbonyl (C=O) groups is 1. The Hall–Kier alpha value is -2.02. The van der Waals surface area contributed by atoms with Crippen LogP contribution >= 0.6 is 11.3 Å². The van der Waals surface area contributed by atoms with Gasteiger partial charge in [0.15, 0.2) is 0 Å². The maximum Gasteiger partial charge on any atom is 0.573 e. The zero-order chi connectivity index (χ0) is 17.3. The molecule has 1 aromatic carbocycles. The number of thiophene rings is 1. The number of rotatable bonds is 3. The number of amides is 1. The van der Waals surface area contributed by atoms with Gasteiger partial charge in [-0.05, 0) is 61.1 Å². The number of carbonyl (C=O) groups excluding carboxylic acids is 1. The molecule has 0 spiro atoms. The SMILES string of the molecule is C[C@@H]1CCc2sc(C(=O)Nc3ccc(OC(F)(F)F)cc3)cc2C1. The lowest BCUT2D eigenvalue weighted by Crippen LogP contribution is -2.17. The van der Waals surface area contributed by atoms with E-state index in [1.165, 1.54) is 46.0 Å². The number of nitrogens with one attached hydrogen (secondary N) is 1. The Kier molecular flexibility index (Phi) is 4.54. The van der Waals surface area contributed by atoms with Crippen LogP contribution in [0.15, 0.2) is 30.3 Å². The first-order valence-electron chi connectivity index (χ1n) is 7.59. The molecule has 0 radical (unpaired) electrons. The van der Waals surface area contributed by atoms with Crippen molar-refractivity contribution in [2.75, 3.05) is 5.32 Å². The first-order chi connectivity index (χ1) is 11.3. The Bertz CT molecular complexity index is 737. The molecule has 0 unspecified atom stereocenters. The van der Waals surface area contributed by atoms with Gasteiger partial charge in [-0.15, -0.1) is 24.5 Å². The van der Waals surface area contributed by atoms with E-state index in [0.29, 0.717) is 16.5 Å². The summed E-state index contributed by atoms with van der Waals surface area (Å²) in [6.45, 7) is 2.20. The predicted octanol–water partition coefficient (Wildman–Crippen LogP) is 5.02. The molecule has 7 heteroatoms. The van der Waals surface area contributed by atoms with Crippen LogP contribution in [0.1, 0.15) is 33.5 Å². The highest BCUT2D eigenvalue weighted by atomic mass is 32.1. The average molecular weight is 355 g/mol. The molecule has 1 N–H and O–H groups in total. The van der Waals surface area contributed by atoms with E-state index in [0.717, 1.165) is 19.3 Å². The number of benzene rings is 1. The van der Waals surface area contributed by atoms with Gasteiger partial charge in [0.05, 0.1) is 4.88 Å². The molecule has 1 amide bonds. The van der Waals surface area contributed by atoms with E-state index >= 15 is 0 Å². The van der Waals surface area contributed by atoms with Crippen LogP contribution in [0.3, 0.4) is 0 Å². The van der Waals surface area contributed by atoms with E-state index in [2.05, 4.69) is 17.0 Å².